The predicted octanol–water partition coefficient (Wildman–Crippen LogP) is 2.72. The number of nitrogens with zero attached hydrogens (tertiary/aromatic N) is 1. The molecule has 0 aromatic heterocycles. The SMILES string of the molecule is Cc1ccc2c(c1)CCN2C(=O)Cl. The Morgan fingerprint density at radius 2 is 2.31 bits per heavy atom. The minimum absolute atomic E-state index is 0.386. The highest BCUT2D eigenvalue weighted by Gasteiger charge is 2.22. The zero-order valence-electron chi connectivity index (χ0n) is 7.38. The van der Waals surface area contributed by atoms with Crippen LogP contribution in [0.3, 0.4) is 0 Å². The van der Waals surface area contributed by atoms with Gasteiger partial charge in [0.1, 0.15) is 0 Å². The maximum Gasteiger partial charge on any atom is 0.320 e. The van der Waals surface area contributed by atoms with E-state index in [0.29, 0.717) is 6.54 Å². The van der Waals surface area contributed by atoms with Gasteiger partial charge in [-0.3, -0.25) is 9.69 Å². The molecule has 0 atom stereocenters. The van der Waals surface area contributed by atoms with Crippen molar-refractivity contribution in [1.29, 1.82) is 0 Å². The number of benzene rings is 1. The van der Waals surface area contributed by atoms with Crippen LogP contribution in [0.25, 0.3) is 0 Å². The molecule has 1 aliphatic heterocycles. The summed E-state index contributed by atoms with van der Waals surface area (Å²) >= 11 is 5.44. The van der Waals surface area contributed by atoms with Gasteiger partial charge in [-0.15, -0.1) is 0 Å². The number of carbonyl (C=O) groups excluding carboxylic acids is 1. The Balaban J connectivity index is 2.44. The van der Waals surface area contributed by atoms with Crippen LogP contribution in [0.1, 0.15) is 11.1 Å². The average molecular weight is 196 g/mol. The number of fused-ring (bicyclic) bond motifs is 1. The highest BCUT2D eigenvalue weighted by atomic mass is 35.5. The summed E-state index contributed by atoms with van der Waals surface area (Å²) < 4.78 is 0. The van der Waals surface area contributed by atoms with Crippen LogP contribution < -0.4 is 4.90 Å². The summed E-state index contributed by atoms with van der Waals surface area (Å²) in [4.78, 5) is 12.6. The van der Waals surface area contributed by atoms with Crippen LogP contribution in [0.2, 0.25) is 0 Å². The predicted molar refractivity (Wildman–Crippen MR) is 53.5 cm³/mol. The van der Waals surface area contributed by atoms with Gasteiger partial charge in [0, 0.05) is 12.2 Å². The van der Waals surface area contributed by atoms with Gasteiger partial charge in [-0.1, -0.05) is 17.7 Å². The number of aryl methyl sites for hydroxylation is 1. The van der Waals surface area contributed by atoms with Crippen molar-refractivity contribution in [2.45, 2.75) is 13.3 Å². The molecule has 13 heavy (non-hydrogen) atoms. The van der Waals surface area contributed by atoms with Crippen molar-refractivity contribution in [3.63, 3.8) is 0 Å². The van der Waals surface area contributed by atoms with Crippen LogP contribution >= 0.6 is 11.6 Å². The number of anilines is 1. The molecule has 0 radical (unpaired) electrons. The maximum absolute atomic E-state index is 11.0. The normalized spacial score (nSPS) is 14.5. The number of hydrogen-bond donors (Lipinski definition) is 0. The number of rotatable bonds is 0. The molecular weight excluding hydrogens is 186 g/mol. The molecule has 1 aromatic carbocycles. The van der Waals surface area contributed by atoms with Gasteiger partial charge in [-0.05, 0) is 36.6 Å². The van der Waals surface area contributed by atoms with Crippen molar-refractivity contribution in [1.82, 2.24) is 0 Å². The van der Waals surface area contributed by atoms with E-state index in [0.717, 1.165) is 12.1 Å². The van der Waals surface area contributed by atoms with E-state index in [-0.39, 0.29) is 5.37 Å². The first-order chi connectivity index (χ1) is 6.18. The fraction of sp³-hybridized carbons (Fsp3) is 0.300. The fourth-order valence-electron chi connectivity index (χ4n) is 1.71. The van der Waals surface area contributed by atoms with E-state index in [9.17, 15) is 4.79 Å². The third kappa shape index (κ3) is 1.42. The number of halogens is 1. The Labute approximate surface area is 82.1 Å². The van der Waals surface area contributed by atoms with E-state index in [1.165, 1.54) is 11.1 Å². The number of hydrogen-bond acceptors (Lipinski definition) is 1. The van der Waals surface area contributed by atoms with Crippen molar-refractivity contribution < 1.29 is 4.79 Å². The van der Waals surface area contributed by atoms with Crippen molar-refractivity contribution in [2.24, 2.45) is 0 Å². The summed E-state index contributed by atoms with van der Waals surface area (Å²) in [6.45, 7) is 2.76. The van der Waals surface area contributed by atoms with Gasteiger partial charge in [-0.2, -0.15) is 0 Å². The van der Waals surface area contributed by atoms with Gasteiger partial charge in [0.25, 0.3) is 0 Å². The molecule has 0 saturated carbocycles. The highest BCUT2D eigenvalue weighted by molar-refractivity contribution is 6.66. The van der Waals surface area contributed by atoms with Gasteiger partial charge < -0.3 is 0 Å². The second kappa shape index (κ2) is 3.04. The van der Waals surface area contributed by atoms with E-state index in [1.807, 2.05) is 19.1 Å². The lowest BCUT2D eigenvalue weighted by molar-refractivity contribution is 0.264. The molecule has 3 heteroatoms. The summed E-state index contributed by atoms with van der Waals surface area (Å²) in [6.07, 6.45) is 0.912. The van der Waals surface area contributed by atoms with Gasteiger partial charge in [0.15, 0.2) is 0 Å². The van der Waals surface area contributed by atoms with Crippen LogP contribution in [0.5, 0.6) is 0 Å². The molecule has 0 bridgehead atoms. The Morgan fingerprint density at radius 1 is 1.54 bits per heavy atom. The molecule has 0 aliphatic carbocycles. The van der Waals surface area contributed by atoms with E-state index in [2.05, 4.69) is 6.07 Å². The summed E-state index contributed by atoms with van der Waals surface area (Å²) in [5.74, 6) is 0. The lowest BCUT2D eigenvalue weighted by atomic mass is 10.1. The average Bonchev–Trinajstić information content (AvgIpc) is 2.46. The summed E-state index contributed by atoms with van der Waals surface area (Å²) in [5.41, 5.74) is 3.40. The molecule has 2 rings (SSSR count). The molecule has 1 aromatic rings. The molecular formula is C10H10ClNO. The Morgan fingerprint density at radius 3 is 3.00 bits per heavy atom. The molecule has 1 aliphatic rings. The number of amides is 1. The standard InChI is InChI=1S/C10H10ClNO/c1-7-2-3-9-8(6-7)4-5-12(9)10(11)13/h2-3,6H,4-5H2,1H3. The minimum atomic E-state index is -0.386. The third-order valence-electron chi connectivity index (χ3n) is 2.34. The zero-order chi connectivity index (χ0) is 9.42. The second-order valence-electron chi connectivity index (χ2n) is 3.29. The van der Waals surface area contributed by atoms with E-state index < -0.39 is 0 Å². The minimum Gasteiger partial charge on any atom is -0.298 e. The monoisotopic (exact) mass is 195 g/mol. The second-order valence-corrected chi connectivity index (χ2v) is 3.61. The largest absolute Gasteiger partial charge is 0.320 e. The molecule has 68 valence electrons. The lowest BCUT2D eigenvalue weighted by Crippen LogP contribution is -2.22. The first kappa shape index (κ1) is 8.57. The molecule has 0 saturated heterocycles. The van der Waals surface area contributed by atoms with Gasteiger partial charge >= 0.3 is 5.37 Å². The van der Waals surface area contributed by atoms with Crippen LogP contribution in [-0.4, -0.2) is 11.9 Å². The van der Waals surface area contributed by atoms with Gasteiger partial charge in [0.05, 0.1) is 0 Å². The topological polar surface area (TPSA) is 20.3 Å². The smallest absolute Gasteiger partial charge is 0.298 e. The van der Waals surface area contributed by atoms with Gasteiger partial charge in [-0.25, -0.2) is 0 Å². The Kier molecular flexibility index (Phi) is 2.00. The zero-order valence-corrected chi connectivity index (χ0v) is 8.14. The van der Waals surface area contributed by atoms with Gasteiger partial charge in [0.2, 0.25) is 0 Å². The molecule has 2 nitrogen and oxygen atoms in total. The van der Waals surface area contributed by atoms with E-state index >= 15 is 0 Å². The van der Waals surface area contributed by atoms with Crippen molar-refractivity contribution in [2.75, 3.05) is 11.4 Å². The molecule has 0 unspecified atom stereocenters. The molecule has 0 fully saturated rings. The van der Waals surface area contributed by atoms with Crippen LogP contribution in [0.15, 0.2) is 18.2 Å². The third-order valence-corrected chi connectivity index (χ3v) is 2.55. The molecule has 1 heterocycles. The maximum atomic E-state index is 11.0. The summed E-state index contributed by atoms with van der Waals surface area (Å²) in [5, 5.41) is -0.386. The fourth-order valence-corrected chi connectivity index (χ4v) is 1.89. The quantitative estimate of drug-likeness (QED) is 0.461. The molecule has 0 N–H and O–H groups in total. The van der Waals surface area contributed by atoms with E-state index in [4.69, 9.17) is 11.6 Å². The summed E-state index contributed by atoms with van der Waals surface area (Å²) in [6, 6.07) is 6.06. The van der Waals surface area contributed by atoms with E-state index in [1.54, 1.807) is 4.90 Å². The van der Waals surface area contributed by atoms with Crippen molar-refractivity contribution >= 4 is 22.7 Å². The number of carbonyl (C=O) groups is 1. The molecule has 0 spiro atoms. The Bertz CT molecular complexity index is 362. The van der Waals surface area contributed by atoms with Crippen LogP contribution in [0.4, 0.5) is 10.5 Å². The Hall–Kier alpha value is -1.02. The van der Waals surface area contributed by atoms with Crippen molar-refractivity contribution in [3.8, 4) is 0 Å². The lowest BCUT2D eigenvalue weighted by Gasteiger charge is -2.12. The highest BCUT2D eigenvalue weighted by Crippen LogP contribution is 2.29. The molecule has 1 amide bonds. The van der Waals surface area contributed by atoms with Crippen LogP contribution in [0, 0.1) is 6.92 Å². The van der Waals surface area contributed by atoms with Crippen molar-refractivity contribution in [3.05, 3.63) is 29.3 Å². The van der Waals surface area contributed by atoms with Crippen LogP contribution in [-0.2, 0) is 6.42 Å². The first-order valence-electron chi connectivity index (χ1n) is 4.25. The summed E-state index contributed by atoms with van der Waals surface area (Å²) in [7, 11) is 0. The first-order valence-corrected chi connectivity index (χ1v) is 4.63.